The second-order valence-electron chi connectivity index (χ2n) is 10.1. The lowest BCUT2D eigenvalue weighted by Gasteiger charge is -2.30. The molecule has 0 radical (unpaired) electrons. The first-order chi connectivity index (χ1) is 19.8. The van der Waals surface area contributed by atoms with Crippen molar-refractivity contribution < 1.29 is 23.9 Å². The third-order valence-corrected chi connectivity index (χ3v) is 8.25. The second kappa shape index (κ2) is 12.2. The quantitative estimate of drug-likeness (QED) is 0.225. The van der Waals surface area contributed by atoms with Crippen LogP contribution in [0.25, 0.3) is 11.0 Å². The summed E-state index contributed by atoms with van der Waals surface area (Å²) in [6.45, 7) is 2.14. The van der Waals surface area contributed by atoms with Crippen LogP contribution in [0.4, 0.5) is 0 Å². The van der Waals surface area contributed by atoms with Crippen molar-refractivity contribution in [2.75, 3.05) is 19.6 Å². The average molecular weight is 596 g/mol. The number of carbonyl (C=O) groups is 3. The maximum atomic E-state index is 13.2. The van der Waals surface area contributed by atoms with Gasteiger partial charge in [-0.05, 0) is 61.1 Å². The third kappa shape index (κ3) is 6.01. The topological polar surface area (TPSA) is 139 Å². The second-order valence-corrected chi connectivity index (χ2v) is 10.8. The highest BCUT2D eigenvalue weighted by molar-refractivity contribution is 6.40. The fourth-order valence-corrected chi connectivity index (χ4v) is 6.15. The van der Waals surface area contributed by atoms with E-state index in [2.05, 4.69) is 10.3 Å². The van der Waals surface area contributed by atoms with E-state index >= 15 is 0 Å². The number of furan rings is 1. The van der Waals surface area contributed by atoms with Gasteiger partial charge >= 0.3 is 5.97 Å². The van der Waals surface area contributed by atoms with E-state index in [-0.39, 0.29) is 40.9 Å². The summed E-state index contributed by atoms with van der Waals surface area (Å²) >= 11 is 13.2. The molecule has 5 rings (SSSR count). The molecule has 1 saturated heterocycles. The number of halogens is 2. The number of nitrogens with zero attached hydrogens (tertiary/aromatic N) is 4. The van der Waals surface area contributed by atoms with Crippen LogP contribution in [0.3, 0.4) is 0 Å². The Labute approximate surface area is 246 Å². The van der Waals surface area contributed by atoms with E-state index in [1.54, 1.807) is 35.6 Å². The van der Waals surface area contributed by atoms with Crippen LogP contribution in [-0.4, -0.2) is 64.2 Å². The number of carboxylic acids is 1. The maximum absolute atomic E-state index is 13.2. The summed E-state index contributed by atoms with van der Waals surface area (Å²) in [5.41, 5.74) is 2.52. The number of likely N-dealkylation sites (tertiary alicyclic amines) is 1. The van der Waals surface area contributed by atoms with Crippen LogP contribution in [0.2, 0.25) is 10.0 Å². The molecule has 3 aromatic rings. The minimum atomic E-state index is -1.24. The molecule has 41 heavy (non-hydrogen) atoms. The first-order valence-corrected chi connectivity index (χ1v) is 14.0. The highest BCUT2D eigenvalue weighted by Gasteiger charge is 2.30. The first-order valence-electron chi connectivity index (χ1n) is 13.3. The lowest BCUT2D eigenvalue weighted by molar-refractivity contribution is -0.139. The number of benzene rings is 2. The highest BCUT2D eigenvalue weighted by Crippen LogP contribution is 2.35. The van der Waals surface area contributed by atoms with Crippen LogP contribution >= 0.6 is 23.2 Å². The maximum Gasteiger partial charge on any atom is 0.326 e. The van der Waals surface area contributed by atoms with E-state index in [0.717, 1.165) is 31.3 Å². The summed E-state index contributed by atoms with van der Waals surface area (Å²) < 4.78 is 5.42. The van der Waals surface area contributed by atoms with Crippen LogP contribution in [0.15, 0.2) is 46.0 Å². The third-order valence-electron chi connectivity index (χ3n) is 7.53. The van der Waals surface area contributed by atoms with Crippen molar-refractivity contribution in [3.63, 3.8) is 0 Å². The Hall–Kier alpha value is -4.07. The molecular weight excluding hydrogens is 569 g/mol. The number of aliphatic imine (C=N–C) groups is 1. The Morgan fingerprint density at radius 1 is 1.12 bits per heavy atom. The number of carbonyl (C=O) groups excluding carboxylic acids is 2. The van der Waals surface area contributed by atoms with Gasteiger partial charge in [-0.3, -0.25) is 9.59 Å². The zero-order chi connectivity index (χ0) is 29.1. The highest BCUT2D eigenvalue weighted by atomic mass is 35.5. The van der Waals surface area contributed by atoms with Gasteiger partial charge in [-0.15, -0.1) is 0 Å². The molecule has 10 nitrogen and oxygen atoms in total. The molecule has 1 fully saturated rings. The van der Waals surface area contributed by atoms with Crippen molar-refractivity contribution in [1.82, 2.24) is 15.1 Å². The number of hydrogen-bond donors (Lipinski definition) is 2. The van der Waals surface area contributed by atoms with Gasteiger partial charge in [0.15, 0.2) is 0 Å². The Kier molecular flexibility index (Phi) is 8.47. The van der Waals surface area contributed by atoms with E-state index in [9.17, 15) is 19.5 Å². The Morgan fingerprint density at radius 2 is 1.90 bits per heavy atom. The molecule has 0 saturated carbocycles. The minimum Gasteiger partial charge on any atom is -0.480 e. The van der Waals surface area contributed by atoms with Crippen molar-refractivity contribution >= 4 is 57.8 Å². The van der Waals surface area contributed by atoms with Crippen LogP contribution in [0.5, 0.6) is 0 Å². The number of aliphatic carboxylic acids is 1. The van der Waals surface area contributed by atoms with Gasteiger partial charge in [0.1, 0.15) is 17.5 Å². The average Bonchev–Trinajstić information content (AvgIpc) is 3.66. The van der Waals surface area contributed by atoms with Gasteiger partial charge in [0.2, 0.25) is 6.19 Å². The molecular formula is C29H27Cl2N5O5. The van der Waals surface area contributed by atoms with Gasteiger partial charge in [0.25, 0.3) is 11.8 Å². The fraction of sp³-hybridized carbons (Fsp3) is 0.345. The van der Waals surface area contributed by atoms with Crippen LogP contribution in [0.1, 0.15) is 57.5 Å². The number of amidine groups is 1. The lowest BCUT2D eigenvalue weighted by Crippen LogP contribution is -2.42. The Morgan fingerprint density at radius 3 is 2.63 bits per heavy atom. The number of amides is 2. The smallest absolute Gasteiger partial charge is 0.326 e. The number of nitriles is 1. The lowest BCUT2D eigenvalue weighted by atomic mass is 9.95. The van der Waals surface area contributed by atoms with Crippen molar-refractivity contribution in [1.29, 1.82) is 5.26 Å². The molecule has 0 bridgehead atoms. The van der Waals surface area contributed by atoms with E-state index < -0.39 is 17.9 Å². The summed E-state index contributed by atoms with van der Waals surface area (Å²) in [7, 11) is 0. The Bertz CT molecular complexity index is 1590. The van der Waals surface area contributed by atoms with Crippen molar-refractivity contribution in [3.8, 4) is 6.19 Å². The zero-order valence-electron chi connectivity index (χ0n) is 22.0. The SMILES string of the molecule is N#C/N=C(/CC[C@H](NC(=O)c1c(Cl)cc2c(c1Cl)CCN(C(=O)c1ccc3ccoc3c1)C2)C(=O)O)N1CCCC1. The molecule has 2 N–H and O–H groups in total. The van der Waals surface area contributed by atoms with Gasteiger partial charge in [-0.2, -0.15) is 10.3 Å². The molecule has 2 amide bonds. The number of rotatable bonds is 7. The standard InChI is InChI=1S/C29H27Cl2N5O5/c30-21-13-19-15-36(28(38)18-4-3-17-8-12-41-23(17)14-18)11-7-20(19)26(31)25(21)27(37)34-22(29(39)40)5-6-24(33-16-32)35-9-1-2-10-35/h3-4,8,12-14,22H,1-2,5-7,9-11,15H2,(H,34,37)(H,39,40)/b33-24-/t22-/m0/s1. The van der Waals surface area contributed by atoms with Crippen molar-refractivity contribution in [2.45, 2.75) is 44.7 Å². The van der Waals surface area contributed by atoms with Gasteiger partial charge in [-0.25, -0.2) is 4.79 Å². The van der Waals surface area contributed by atoms with E-state index in [4.69, 9.17) is 32.9 Å². The number of fused-ring (bicyclic) bond motifs is 2. The van der Waals surface area contributed by atoms with Crippen LogP contribution < -0.4 is 5.32 Å². The van der Waals surface area contributed by atoms with E-state index in [1.807, 2.05) is 17.0 Å². The molecule has 2 aliphatic rings. The van der Waals surface area contributed by atoms with Gasteiger partial charge in [0.05, 0.1) is 21.9 Å². The molecule has 2 aliphatic heterocycles. The van der Waals surface area contributed by atoms with E-state index in [0.29, 0.717) is 41.1 Å². The molecule has 1 atom stereocenters. The minimum absolute atomic E-state index is 0.00756. The normalized spacial score (nSPS) is 15.9. The summed E-state index contributed by atoms with van der Waals surface area (Å²) in [4.78, 5) is 46.0. The monoisotopic (exact) mass is 595 g/mol. The zero-order valence-corrected chi connectivity index (χ0v) is 23.5. The summed E-state index contributed by atoms with van der Waals surface area (Å²) in [6, 6.07) is 7.48. The predicted molar refractivity (Wildman–Crippen MR) is 153 cm³/mol. The molecule has 2 aromatic carbocycles. The number of hydrogen-bond acceptors (Lipinski definition) is 6. The first kappa shape index (κ1) is 28.5. The molecule has 212 valence electrons. The molecule has 0 aliphatic carbocycles. The molecule has 3 heterocycles. The van der Waals surface area contributed by atoms with Gasteiger partial charge in [0, 0.05) is 43.5 Å². The van der Waals surface area contributed by atoms with Crippen molar-refractivity contribution in [3.05, 3.63) is 68.9 Å². The molecule has 12 heteroatoms. The number of nitrogens with one attached hydrogen (secondary N) is 1. The van der Waals surface area contributed by atoms with E-state index in [1.165, 1.54) is 0 Å². The predicted octanol–water partition coefficient (Wildman–Crippen LogP) is 4.88. The number of carboxylic acid groups (broad SMARTS) is 1. The van der Waals surface area contributed by atoms with Gasteiger partial charge < -0.3 is 24.6 Å². The van der Waals surface area contributed by atoms with Gasteiger partial charge in [-0.1, -0.05) is 29.3 Å². The molecule has 1 aromatic heterocycles. The summed E-state index contributed by atoms with van der Waals surface area (Å²) in [5, 5.41) is 22.5. The summed E-state index contributed by atoms with van der Waals surface area (Å²) in [5.74, 6) is -1.58. The summed E-state index contributed by atoms with van der Waals surface area (Å²) in [6.07, 6.45) is 5.96. The van der Waals surface area contributed by atoms with Crippen molar-refractivity contribution in [2.24, 2.45) is 4.99 Å². The largest absolute Gasteiger partial charge is 0.480 e. The molecule has 0 unspecified atom stereocenters. The van der Waals surface area contributed by atoms with Crippen LogP contribution in [0, 0.1) is 11.5 Å². The van der Waals surface area contributed by atoms with Crippen LogP contribution in [-0.2, 0) is 17.8 Å². The fourth-order valence-electron chi connectivity index (χ4n) is 5.38. The Balaban J connectivity index is 1.30. The molecule has 0 spiro atoms.